The van der Waals surface area contributed by atoms with Crippen LogP contribution in [0.15, 0.2) is 41.2 Å². The van der Waals surface area contributed by atoms with Gasteiger partial charge in [-0.15, -0.1) is 5.10 Å². The molecule has 0 aliphatic rings. The third-order valence-corrected chi connectivity index (χ3v) is 6.05. The molecule has 0 saturated carbocycles. The van der Waals surface area contributed by atoms with E-state index in [-0.39, 0.29) is 16.3 Å². The van der Waals surface area contributed by atoms with E-state index in [2.05, 4.69) is 10.1 Å². The number of aryl methyl sites for hydroxylation is 2. The molecule has 9 nitrogen and oxygen atoms in total. The van der Waals surface area contributed by atoms with Crippen LogP contribution >= 0.6 is 22.9 Å². The largest absolute Gasteiger partial charge is 0.493 e. The van der Waals surface area contributed by atoms with Gasteiger partial charge in [-0.2, -0.15) is 4.52 Å². The summed E-state index contributed by atoms with van der Waals surface area (Å²) in [6.45, 7) is 0. The number of nitrogens with zero attached hydrogens (tertiary/aromatic N) is 4. The van der Waals surface area contributed by atoms with Crippen molar-refractivity contribution in [3.05, 3.63) is 83.4 Å². The van der Waals surface area contributed by atoms with Gasteiger partial charge in [-0.05, 0) is 41.8 Å². The van der Waals surface area contributed by atoms with E-state index < -0.39 is 4.92 Å². The molecular formula is C21H17ClN4O5S. The lowest BCUT2D eigenvalue weighted by Crippen LogP contribution is -2.23. The lowest BCUT2D eigenvalue weighted by molar-refractivity contribution is -0.384. The van der Waals surface area contributed by atoms with Gasteiger partial charge in [0.1, 0.15) is 5.02 Å². The van der Waals surface area contributed by atoms with Gasteiger partial charge in [0.15, 0.2) is 17.3 Å². The Hall–Kier alpha value is -3.50. The Morgan fingerprint density at radius 3 is 2.62 bits per heavy atom. The van der Waals surface area contributed by atoms with E-state index in [0.29, 0.717) is 45.2 Å². The van der Waals surface area contributed by atoms with E-state index in [1.165, 1.54) is 28.0 Å². The molecule has 4 aromatic rings. The molecule has 0 fully saturated rings. The number of hydrogen-bond donors (Lipinski definition) is 0. The van der Waals surface area contributed by atoms with Crippen LogP contribution in [-0.2, 0) is 12.8 Å². The molecule has 0 aliphatic heterocycles. The Bertz CT molecular complexity index is 1430. The summed E-state index contributed by atoms with van der Waals surface area (Å²) in [4.78, 5) is 28.1. The second-order valence-corrected chi connectivity index (χ2v) is 8.21. The first kappa shape index (κ1) is 21.7. The summed E-state index contributed by atoms with van der Waals surface area (Å²) in [5, 5.41) is 15.4. The summed E-state index contributed by atoms with van der Waals surface area (Å²) in [6.07, 6.45) is 2.78. The normalized spacial score (nSPS) is 11.8. The van der Waals surface area contributed by atoms with Crippen molar-refractivity contribution in [3.63, 3.8) is 0 Å². The van der Waals surface area contributed by atoms with Gasteiger partial charge in [-0.25, -0.2) is 4.98 Å². The average Bonchev–Trinajstić information content (AvgIpc) is 3.31. The Kier molecular flexibility index (Phi) is 6.06. The Labute approximate surface area is 190 Å². The topological polar surface area (TPSA) is 109 Å². The molecule has 32 heavy (non-hydrogen) atoms. The van der Waals surface area contributed by atoms with E-state index in [4.69, 9.17) is 21.1 Å². The van der Waals surface area contributed by atoms with Gasteiger partial charge in [0, 0.05) is 12.5 Å². The van der Waals surface area contributed by atoms with Crippen LogP contribution in [0.3, 0.4) is 0 Å². The zero-order chi connectivity index (χ0) is 22.8. The summed E-state index contributed by atoms with van der Waals surface area (Å²) >= 11 is 7.02. The quantitative estimate of drug-likeness (QED) is 0.300. The first-order valence-electron chi connectivity index (χ1n) is 9.44. The van der Waals surface area contributed by atoms with Crippen LogP contribution in [0.2, 0.25) is 5.02 Å². The lowest BCUT2D eigenvalue weighted by atomic mass is 10.1. The number of halogens is 1. The van der Waals surface area contributed by atoms with E-state index >= 15 is 0 Å². The van der Waals surface area contributed by atoms with E-state index in [0.717, 1.165) is 5.56 Å². The molecule has 0 unspecified atom stereocenters. The maximum absolute atomic E-state index is 12.7. The zero-order valence-corrected chi connectivity index (χ0v) is 18.6. The molecule has 0 saturated heterocycles. The van der Waals surface area contributed by atoms with Crippen molar-refractivity contribution in [2.24, 2.45) is 0 Å². The average molecular weight is 473 g/mol. The minimum absolute atomic E-state index is 0.0382. The predicted molar refractivity (Wildman–Crippen MR) is 121 cm³/mol. The standard InChI is InChI=1S/C21H17ClN4O5S/c1-30-16-7-4-12(10-17(16)31-2)5-8-19-23-21-25(24-19)20(27)18(32-21)11-13-3-6-14(22)15(9-13)26(28)29/h3-4,6-7,9-11H,5,8H2,1-2H3/b18-11-. The number of nitro groups is 1. The second-order valence-electron chi connectivity index (χ2n) is 6.80. The Morgan fingerprint density at radius 1 is 1.16 bits per heavy atom. The number of nitro benzene ring substituents is 1. The van der Waals surface area contributed by atoms with Crippen molar-refractivity contribution < 1.29 is 14.4 Å². The molecule has 2 aromatic heterocycles. The number of ether oxygens (including phenoxy) is 2. The molecule has 0 amide bonds. The Morgan fingerprint density at radius 2 is 1.94 bits per heavy atom. The molecule has 2 aromatic carbocycles. The summed E-state index contributed by atoms with van der Waals surface area (Å²) < 4.78 is 12.2. The van der Waals surface area contributed by atoms with Crippen molar-refractivity contribution in [2.75, 3.05) is 14.2 Å². The fourth-order valence-electron chi connectivity index (χ4n) is 3.18. The van der Waals surface area contributed by atoms with Crippen molar-refractivity contribution in [3.8, 4) is 11.5 Å². The molecule has 4 rings (SSSR count). The van der Waals surface area contributed by atoms with Crippen LogP contribution in [0.1, 0.15) is 17.0 Å². The number of methoxy groups -OCH3 is 2. The predicted octanol–water partition coefficient (Wildman–Crippen LogP) is 3.06. The number of benzene rings is 2. The molecule has 0 atom stereocenters. The monoisotopic (exact) mass is 472 g/mol. The third-order valence-electron chi connectivity index (χ3n) is 4.78. The molecule has 0 aliphatic carbocycles. The first-order valence-corrected chi connectivity index (χ1v) is 10.6. The smallest absolute Gasteiger partial charge is 0.291 e. The summed E-state index contributed by atoms with van der Waals surface area (Å²) in [5.74, 6) is 1.85. The first-order chi connectivity index (χ1) is 15.4. The molecule has 0 bridgehead atoms. The molecule has 0 spiro atoms. The van der Waals surface area contributed by atoms with Crippen LogP contribution in [0.4, 0.5) is 5.69 Å². The summed E-state index contributed by atoms with van der Waals surface area (Å²) in [6, 6.07) is 10.0. The third kappa shape index (κ3) is 4.27. The van der Waals surface area contributed by atoms with E-state index in [1.54, 1.807) is 26.4 Å². The van der Waals surface area contributed by atoms with Crippen molar-refractivity contribution >= 4 is 39.7 Å². The van der Waals surface area contributed by atoms with Crippen molar-refractivity contribution in [1.82, 2.24) is 14.6 Å². The fraction of sp³-hybridized carbons (Fsp3) is 0.190. The summed E-state index contributed by atoms with van der Waals surface area (Å²) in [5.41, 5.74) is 0.982. The molecule has 11 heteroatoms. The Balaban J connectivity index is 1.57. The van der Waals surface area contributed by atoms with Crippen LogP contribution in [0, 0.1) is 10.1 Å². The summed E-state index contributed by atoms with van der Waals surface area (Å²) in [7, 11) is 3.17. The molecular weight excluding hydrogens is 456 g/mol. The lowest BCUT2D eigenvalue weighted by Gasteiger charge is -2.08. The van der Waals surface area contributed by atoms with Crippen LogP contribution < -0.4 is 19.6 Å². The number of hydrogen-bond acceptors (Lipinski definition) is 8. The van der Waals surface area contributed by atoms with Crippen LogP contribution in [0.25, 0.3) is 11.0 Å². The SMILES string of the molecule is COc1ccc(CCc2nc3s/c(=C\c4ccc(Cl)c([N+](=O)[O-])c4)c(=O)n3n2)cc1OC. The van der Waals surface area contributed by atoms with E-state index in [1.807, 2.05) is 18.2 Å². The number of fused-ring (bicyclic) bond motifs is 1. The molecule has 164 valence electrons. The van der Waals surface area contributed by atoms with Gasteiger partial charge in [0.25, 0.3) is 11.2 Å². The van der Waals surface area contributed by atoms with Gasteiger partial charge >= 0.3 is 0 Å². The fourth-order valence-corrected chi connectivity index (χ4v) is 4.30. The highest BCUT2D eigenvalue weighted by atomic mass is 35.5. The van der Waals surface area contributed by atoms with Gasteiger partial charge < -0.3 is 9.47 Å². The van der Waals surface area contributed by atoms with Gasteiger partial charge in [0.05, 0.1) is 23.7 Å². The molecule has 0 radical (unpaired) electrons. The molecule has 0 N–H and O–H groups in total. The minimum Gasteiger partial charge on any atom is -0.493 e. The minimum atomic E-state index is -0.564. The van der Waals surface area contributed by atoms with Crippen molar-refractivity contribution in [1.29, 1.82) is 0 Å². The maximum Gasteiger partial charge on any atom is 0.291 e. The highest BCUT2D eigenvalue weighted by molar-refractivity contribution is 7.15. The maximum atomic E-state index is 12.7. The number of thiazole rings is 1. The van der Waals surface area contributed by atoms with Crippen molar-refractivity contribution in [2.45, 2.75) is 12.8 Å². The number of aromatic nitrogens is 3. The second kappa shape index (κ2) is 8.93. The van der Waals surface area contributed by atoms with Gasteiger partial charge in [-0.3, -0.25) is 14.9 Å². The number of rotatable bonds is 7. The van der Waals surface area contributed by atoms with E-state index in [9.17, 15) is 14.9 Å². The highest BCUT2D eigenvalue weighted by Crippen LogP contribution is 2.28. The van der Waals surface area contributed by atoms with Crippen LogP contribution in [0.5, 0.6) is 11.5 Å². The molecule has 2 heterocycles. The van der Waals surface area contributed by atoms with Gasteiger partial charge in [0.2, 0.25) is 4.96 Å². The van der Waals surface area contributed by atoms with Gasteiger partial charge in [-0.1, -0.05) is 35.1 Å². The highest BCUT2D eigenvalue weighted by Gasteiger charge is 2.14. The van der Waals surface area contributed by atoms with Crippen LogP contribution in [-0.4, -0.2) is 33.7 Å². The zero-order valence-electron chi connectivity index (χ0n) is 17.1.